The van der Waals surface area contributed by atoms with Crippen LogP contribution in [-0.2, 0) is 0 Å². The summed E-state index contributed by atoms with van der Waals surface area (Å²) in [4.78, 5) is 17.1. The molecule has 1 aromatic rings. The molecule has 1 aliphatic heterocycles. The summed E-state index contributed by atoms with van der Waals surface area (Å²) in [5.41, 5.74) is 1.76. The van der Waals surface area contributed by atoms with Crippen LogP contribution in [0.2, 0.25) is 0 Å². The van der Waals surface area contributed by atoms with Gasteiger partial charge < -0.3 is 20.4 Å². The average Bonchev–Trinajstić information content (AvgIpc) is 3.01. The first-order valence-electron chi connectivity index (χ1n) is 11.1. The Hall–Kier alpha value is -2.26. The third-order valence-corrected chi connectivity index (χ3v) is 6.43. The molecule has 158 valence electrons. The molecule has 2 atom stereocenters. The Labute approximate surface area is 175 Å². The molecule has 2 N–H and O–H groups in total. The number of hydrogen-bond donors (Lipinski definition) is 2. The Morgan fingerprint density at radius 2 is 1.86 bits per heavy atom. The SMILES string of the molecule is CCCCNC(=O)N(C)C1C2CCC1CN(CCCNc1ccc(C#N)cc1)C2. The first-order valence-corrected chi connectivity index (χ1v) is 11.1. The Balaban J connectivity index is 1.40. The predicted octanol–water partition coefficient (Wildman–Crippen LogP) is 3.51. The van der Waals surface area contributed by atoms with Crippen molar-refractivity contribution in [3.8, 4) is 6.07 Å². The fourth-order valence-corrected chi connectivity index (χ4v) is 4.94. The molecule has 3 rings (SSSR count). The Morgan fingerprint density at radius 1 is 1.17 bits per heavy atom. The second-order valence-electron chi connectivity index (χ2n) is 8.51. The van der Waals surface area contributed by atoms with Crippen molar-refractivity contribution in [3.63, 3.8) is 0 Å². The van der Waals surface area contributed by atoms with Crippen LogP contribution in [0.1, 0.15) is 44.6 Å². The van der Waals surface area contributed by atoms with Crippen LogP contribution in [0.3, 0.4) is 0 Å². The van der Waals surface area contributed by atoms with Crippen LogP contribution >= 0.6 is 0 Å². The molecule has 1 aliphatic carbocycles. The van der Waals surface area contributed by atoms with Crippen molar-refractivity contribution in [1.29, 1.82) is 5.26 Å². The maximum Gasteiger partial charge on any atom is 0.317 e. The number of urea groups is 1. The Morgan fingerprint density at radius 3 is 2.48 bits per heavy atom. The van der Waals surface area contributed by atoms with Crippen molar-refractivity contribution in [3.05, 3.63) is 29.8 Å². The minimum atomic E-state index is 0.0976. The molecular formula is C23H35N5O. The van der Waals surface area contributed by atoms with E-state index in [4.69, 9.17) is 5.26 Å². The van der Waals surface area contributed by atoms with Gasteiger partial charge in [0.15, 0.2) is 0 Å². The van der Waals surface area contributed by atoms with Gasteiger partial charge in [0, 0.05) is 45.0 Å². The predicted molar refractivity (Wildman–Crippen MR) is 117 cm³/mol. The number of carbonyl (C=O) groups is 1. The number of anilines is 1. The number of amides is 2. The zero-order valence-electron chi connectivity index (χ0n) is 17.9. The summed E-state index contributed by atoms with van der Waals surface area (Å²) in [6.45, 7) is 7.15. The monoisotopic (exact) mass is 397 g/mol. The summed E-state index contributed by atoms with van der Waals surface area (Å²) < 4.78 is 0. The second kappa shape index (κ2) is 10.5. The highest BCUT2D eigenvalue weighted by atomic mass is 16.2. The van der Waals surface area contributed by atoms with Gasteiger partial charge in [-0.3, -0.25) is 0 Å². The number of likely N-dealkylation sites (tertiary alicyclic amines) is 1. The Kier molecular flexibility index (Phi) is 7.76. The largest absolute Gasteiger partial charge is 0.385 e. The second-order valence-corrected chi connectivity index (χ2v) is 8.51. The van der Waals surface area contributed by atoms with Crippen LogP contribution in [0.25, 0.3) is 0 Å². The summed E-state index contributed by atoms with van der Waals surface area (Å²) in [7, 11) is 1.98. The molecule has 1 aromatic carbocycles. The number of rotatable bonds is 9. The number of nitrogens with zero attached hydrogens (tertiary/aromatic N) is 3. The van der Waals surface area contributed by atoms with Gasteiger partial charge in [-0.25, -0.2) is 4.79 Å². The molecule has 0 aromatic heterocycles. The lowest BCUT2D eigenvalue weighted by Gasteiger charge is -2.42. The minimum Gasteiger partial charge on any atom is -0.385 e. The van der Waals surface area contributed by atoms with E-state index >= 15 is 0 Å². The van der Waals surface area contributed by atoms with E-state index in [1.54, 1.807) is 0 Å². The lowest BCUT2D eigenvalue weighted by atomic mass is 9.91. The maximum absolute atomic E-state index is 12.5. The van der Waals surface area contributed by atoms with Crippen molar-refractivity contribution in [2.45, 2.75) is 45.1 Å². The molecule has 1 saturated carbocycles. The topological polar surface area (TPSA) is 71.4 Å². The van der Waals surface area contributed by atoms with Gasteiger partial charge in [0.2, 0.25) is 0 Å². The van der Waals surface area contributed by atoms with Crippen molar-refractivity contribution in [1.82, 2.24) is 15.1 Å². The van der Waals surface area contributed by atoms with Crippen molar-refractivity contribution in [2.24, 2.45) is 11.8 Å². The van der Waals surface area contributed by atoms with E-state index in [9.17, 15) is 4.79 Å². The standard InChI is InChI=1S/C23H35N5O/c1-3-4-12-26-23(29)27(2)22-19-8-9-20(22)17-28(16-19)14-5-13-25-21-10-6-18(15-24)7-11-21/h6-7,10-11,19-20,22,25H,3-5,8-9,12-14,16-17H2,1-2H3,(H,26,29). The normalized spacial score (nSPS) is 23.4. The number of nitrogens with one attached hydrogen (secondary N) is 2. The van der Waals surface area contributed by atoms with Crippen molar-refractivity contribution in [2.75, 3.05) is 45.1 Å². The van der Waals surface area contributed by atoms with Gasteiger partial charge in [0.1, 0.15) is 0 Å². The van der Waals surface area contributed by atoms with Gasteiger partial charge in [-0.05, 0) is 68.3 Å². The molecule has 6 heteroatoms. The molecule has 2 amide bonds. The van der Waals surface area contributed by atoms with Crippen LogP contribution < -0.4 is 10.6 Å². The summed E-state index contributed by atoms with van der Waals surface area (Å²) in [5, 5.41) is 15.4. The van der Waals surface area contributed by atoms with Crippen molar-refractivity contribution >= 4 is 11.7 Å². The number of unbranched alkanes of at least 4 members (excludes halogenated alkanes) is 1. The Bertz CT molecular complexity index is 684. The van der Waals surface area contributed by atoms with E-state index in [-0.39, 0.29) is 6.03 Å². The summed E-state index contributed by atoms with van der Waals surface area (Å²) in [6, 6.07) is 10.3. The minimum absolute atomic E-state index is 0.0976. The number of hydrogen-bond acceptors (Lipinski definition) is 4. The highest BCUT2D eigenvalue weighted by molar-refractivity contribution is 5.74. The zero-order chi connectivity index (χ0) is 20.6. The van der Waals surface area contributed by atoms with Crippen LogP contribution in [0.15, 0.2) is 24.3 Å². The molecule has 0 spiro atoms. The highest BCUT2D eigenvalue weighted by Crippen LogP contribution is 2.39. The molecule has 0 radical (unpaired) electrons. The molecule has 2 aliphatic rings. The van der Waals surface area contributed by atoms with Gasteiger partial charge in [0.25, 0.3) is 0 Å². The van der Waals surface area contributed by atoms with Gasteiger partial charge in [-0.1, -0.05) is 13.3 Å². The maximum atomic E-state index is 12.5. The molecule has 2 fully saturated rings. The molecule has 29 heavy (non-hydrogen) atoms. The fraction of sp³-hybridized carbons (Fsp3) is 0.652. The smallest absolute Gasteiger partial charge is 0.317 e. The lowest BCUT2D eigenvalue weighted by molar-refractivity contribution is 0.0766. The molecule has 1 heterocycles. The lowest BCUT2D eigenvalue weighted by Crippen LogP contribution is -2.55. The van der Waals surface area contributed by atoms with Gasteiger partial charge in [0.05, 0.1) is 11.6 Å². The summed E-state index contributed by atoms with van der Waals surface area (Å²) >= 11 is 0. The van der Waals surface area contributed by atoms with Crippen LogP contribution in [0, 0.1) is 23.2 Å². The molecule has 2 bridgehead atoms. The van der Waals surface area contributed by atoms with Gasteiger partial charge >= 0.3 is 6.03 Å². The fourth-order valence-electron chi connectivity index (χ4n) is 4.94. The number of nitriles is 1. The van der Waals surface area contributed by atoms with Crippen LogP contribution in [0.5, 0.6) is 0 Å². The quantitative estimate of drug-likeness (QED) is 0.626. The highest BCUT2D eigenvalue weighted by Gasteiger charge is 2.44. The summed E-state index contributed by atoms with van der Waals surface area (Å²) in [5.74, 6) is 1.20. The zero-order valence-corrected chi connectivity index (χ0v) is 17.9. The number of piperidine rings is 1. The molecule has 2 unspecified atom stereocenters. The number of benzene rings is 1. The number of fused-ring (bicyclic) bond motifs is 2. The molecule has 1 saturated heterocycles. The van der Waals surface area contributed by atoms with E-state index in [1.807, 2.05) is 36.2 Å². The molecular weight excluding hydrogens is 362 g/mol. The third-order valence-electron chi connectivity index (χ3n) is 6.43. The average molecular weight is 398 g/mol. The van der Waals surface area contributed by atoms with E-state index in [0.717, 1.165) is 57.7 Å². The first-order chi connectivity index (χ1) is 14.1. The van der Waals surface area contributed by atoms with E-state index in [0.29, 0.717) is 23.4 Å². The van der Waals surface area contributed by atoms with E-state index < -0.39 is 0 Å². The molecule has 6 nitrogen and oxygen atoms in total. The number of carbonyl (C=O) groups excluding carboxylic acids is 1. The summed E-state index contributed by atoms with van der Waals surface area (Å²) in [6.07, 6.45) is 5.72. The van der Waals surface area contributed by atoms with Gasteiger partial charge in [-0.2, -0.15) is 5.26 Å². The van der Waals surface area contributed by atoms with Crippen LogP contribution in [0.4, 0.5) is 10.5 Å². The van der Waals surface area contributed by atoms with Crippen molar-refractivity contribution < 1.29 is 4.79 Å². The van der Waals surface area contributed by atoms with E-state index in [2.05, 4.69) is 28.5 Å². The van der Waals surface area contributed by atoms with Gasteiger partial charge in [-0.15, -0.1) is 0 Å². The van der Waals surface area contributed by atoms with E-state index in [1.165, 1.54) is 12.8 Å². The third kappa shape index (κ3) is 5.63. The van der Waals surface area contributed by atoms with Crippen LogP contribution in [-0.4, -0.2) is 61.6 Å². The first kappa shape index (κ1) is 21.4.